The van der Waals surface area contributed by atoms with Crippen molar-refractivity contribution >= 4 is 11.6 Å². The van der Waals surface area contributed by atoms with E-state index in [1.807, 2.05) is 31.2 Å². The van der Waals surface area contributed by atoms with Gasteiger partial charge in [0.25, 0.3) is 0 Å². The molecule has 0 saturated heterocycles. The van der Waals surface area contributed by atoms with Crippen molar-refractivity contribution in [2.45, 2.75) is 33.2 Å². The van der Waals surface area contributed by atoms with Crippen molar-refractivity contribution in [1.82, 2.24) is 0 Å². The monoisotopic (exact) mass is 273 g/mol. The van der Waals surface area contributed by atoms with Crippen LogP contribution < -0.4 is 5.73 Å². The number of halogens is 1. The van der Waals surface area contributed by atoms with E-state index in [-0.39, 0.29) is 0 Å². The van der Waals surface area contributed by atoms with Crippen LogP contribution in [0.15, 0.2) is 36.4 Å². The van der Waals surface area contributed by atoms with Crippen LogP contribution in [0, 0.1) is 20.8 Å². The zero-order valence-corrected chi connectivity index (χ0v) is 12.7. The molecule has 0 radical (unpaired) electrons. The molecule has 0 aromatic heterocycles. The fraction of sp³-hybridized carbons (Fsp3) is 0.294. The van der Waals surface area contributed by atoms with Crippen LogP contribution in [-0.2, 0) is 5.54 Å². The molecule has 0 spiro atoms. The van der Waals surface area contributed by atoms with Crippen molar-refractivity contribution in [3.8, 4) is 0 Å². The maximum absolute atomic E-state index is 6.59. The summed E-state index contributed by atoms with van der Waals surface area (Å²) in [5, 5.41) is 0.733. The van der Waals surface area contributed by atoms with Gasteiger partial charge in [-0.15, -0.1) is 0 Å². The third kappa shape index (κ3) is 2.68. The molecular formula is C17H20ClN. The topological polar surface area (TPSA) is 26.0 Å². The van der Waals surface area contributed by atoms with Crippen molar-refractivity contribution in [3.05, 3.63) is 69.2 Å². The minimum absolute atomic E-state index is 0.507. The molecule has 2 rings (SSSR count). The van der Waals surface area contributed by atoms with E-state index < -0.39 is 5.54 Å². The highest BCUT2D eigenvalue weighted by molar-refractivity contribution is 6.30. The maximum Gasteiger partial charge on any atom is 0.0639 e. The quantitative estimate of drug-likeness (QED) is 0.857. The van der Waals surface area contributed by atoms with Gasteiger partial charge in [-0.1, -0.05) is 35.9 Å². The molecule has 0 aliphatic rings. The van der Waals surface area contributed by atoms with E-state index in [4.69, 9.17) is 17.3 Å². The number of hydrogen-bond donors (Lipinski definition) is 1. The first-order valence-electron chi connectivity index (χ1n) is 6.45. The Kier molecular flexibility index (Phi) is 3.71. The molecule has 0 fully saturated rings. The summed E-state index contributed by atoms with van der Waals surface area (Å²) in [5.74, 6) is 0. The molecule has 0 aliphatic heterocycles. The Morgan fingerprint density at radius 2 is 1.42 bits per heavy atom. The number of rotatable bonds is 2. The van der Waals surface area contributed by atoms with Gasteiger partial charge < -0.3 is 5.73 Å². The van der Waals surface area contributed by atoms with Gasteiger partial charge in [0.05, 0.1) is 5.54 Å². The van der Waals surface area contributed by atoms with E-state index in [0.29, 0.717) is 0 Å². The van der Waals surface area contributed by atoms with Crippen molar-refractivity contribution < 1.29 is 0 Å². The van der Waals surface area contributed by atoms with Gasteiger partial charge in [-0.05, 0) is 67.6 Å². The summed E-state index contributed by atoms with van der Waals surface area (Å²) >= 11 is 5.94. The molecule has 100 valence electrons. The van der Waals surface area contributed by atoms with E-state index >= 15 is 0 Å². The second-order valence-corrected chi connectivity index (χ2v) is 5.90. The molecule has 0 aliphatic carbocycles. The van der Waals surface area contributed by atoms with Crippen molar-refractivity contribution in [1.29, 1.82) is 0 Å². The minimum Gasteiger partial charge on any atom is -0.318 e. The average molecular weight is 274 g/mol. The fourth-order valence-electron chi connectivity index (χ4n) is 2.47. The van der Waals surface area contributed by atoms with Crippen molar-refractivity contribution in [3.63, 3.8) is 0 Å². The molecule has 0 heterocycles. The SMILES string of the molecule is Cc1cc(C)c(C(C)(N)c2ccc(Cl)cc2)cc1C. The lowest BCUT2D eigenvalue weighted by Crippen LogP contribution is -2.35. The van der Waals surface area contributed by atoms with Gasteiger partial charge in [-0.3, -0.25) is 0 Å². The first-order valence-corrected chi connectivity index (χ1v) is 6.83. The van der Waals surface area contributed by atoms with Gasteiger partial charge in [0.15, 0.2) is 0 Å². The number of benzene rings is 2. The van der Waals surface area contributed by atoms with Crippen LogP contribution in [0.4, 0.5) is 0 Å². The van der Waals surface area contributed by atoms with Crippen LogP contribution in [0.2, 0.25) is 5.02 Å². The summed E-state index contributed by atoms with van der Waals surface area (Å²) in [4.78, 5) is 0. The Balaban J connectivity index is 2.55. The van der Waals surface area contributed by atoms with Gasteiger partial charge in [-0.25, -0.2) is 0 Å². The smallest absolute Gasteiger partial charge is 0.0639 e. The first-order chi connectivity index (χ1) is 8.82. The van der Waals surface area contributed by atoms with Gasteiger partial charge in [0.1, 0.15) is 0 Å². The maximum atomic E-state index is 6.59. The van der Waals surface area contributed by atoms with Crippen molar-refractivity contribution in [2.24, 2.45) is 5.73 Å². The lowest BCUT2D eigenvalue weighted by molar-refractivity contribution is 0.598. The van der Waals surface area contributed by atoms with Crippen molar-refractivity contribution in [2.75, 3.05) is 0 Å². The summed E-state index contributed by atoms with van der Waals surface area (Å²) in [6, 6.07) is 12.2. The Labute approximate surface area is 120 Å². The Morgan fingerprint density at radius 3 is 2.00 bits per heavy atom. The lowest BCUT2D eigenvalue weighted by atomic mass is 9.82. The van der Waals surface area contributed by atoms with Crippen LogP contribution >= 0.6 is 11.6 Å². The second kappa shape index (κ2) is 4.99. The summed E-state index contributed by atoms with van der Waals surface area (Å²) < 4.78 is 0. The molecule has 0 saturated carbocycles. The molecule has 1 unspecified atom stereocenters. The van der Waals surface area contributed by atoms with Gasteiger partial charge in [-0.2, -0.15) is 0 Å². The Morgan fingerprint density at radius 1 is 0.895 bits per heavy atom. The third-order valence-corrected chi connectivity index (χ3v) is 4.10. The van der Waals surface area contributed by atoms with Crippen LogP contribution in [0.25, 0.3) is 0 Å². The van der Waals surface area contributed by atoms with Crippen LogP contribution in [0.5, 0.6) is 0 Å². The highest BCUT2D eigenvalue weighted by Gasteiger charge is 2.25. The predicted molar refractivity (Wildman–Crippen MR) is 82.7 cm³/mol. The van der Waals surface area contributed by atoms with Crippen LogP contribution in [0.3, 0.4) is 0 Å². The summed E-state index contributed by atoms with van der Waals surface area (Å²) in [6.45, 7) is 8.41. The fourth-order valence-corrected chi connectivity index (χ4v) is 2.60. The molecule has 0 amide bonds. The Bertz CT molecular complexity index is 597. The first kappa shape index (κ1) is 14.1. The number of hydrogen-bond acceptors (Lipinski definition) is 1. The third-order valence-electron chi connectivity index (χ3n) is 3.84. The van der Waals surface area contributed by atoms with E-state index in [9.17, 15) is 0 Å². The molecule has 2 aromatic carbocycles. The largest absolute Gasteiger partial charge is 0.318 e. The molecule has 1 nitrogen and oxygen atoms in total. The normalized spacial score (nSPS) is 14.2. The zero-order valence-electron chi connectivity index (χ0n) is 11.9. The number of nitrogens with two attached hydrogens (primary N) is 1. The molecule has 2 N–H and O–H groups in total. The van der Waals surface area contributed by atoms with Gasteiger partial charge >= 0.3 is 0 Å². The molecule has 0 bridgehead atoms. The lowest BCUT2D eigenvalue weighted by Gasteiger charge is -2.28. The van der Waals surface area contributed by atoms with Crippen LogP contribution in [-0.4, -0.2) is 0 Å². The number of aryl methyl sites for hydroxylation is 3. The Hall–Kier alpha value is -1.31. The van der Waals surface area contributed by atoms with E-state index in [1.54, 1.807) is 0 Å². The van der Waals surface area contributed by atoms with E-state index in [2.05, 4.69) is 32.9 Å². The highest BCUT2D eigenvalue weighted by Crippen LogP contribution is 2.31. The van der Waals surface area contributed by atoms with Crippen LogP contribution in [0.1, 0.15) is 34.7 Å². The molecule has 19 heavy (non-hydrogen) atoms. The second-order valence-electron chi connectivity index (χ2n) is 5.46. The average Bonchev–Trinajstić information content (AvgIpc) is 2.34. The van der Waals surface area contributed by atoms with E-state index in [0.717, 1.165) is 16.1 Å². The summed E-state index contributed by atoms with van der Waals surface area (Å²) in [5.41, 5.74) is 12.1. The van der Waals surface area contributed by atoms with Gasteiger partial charge in [0.2, 0.25) is 0 Å². The minimum atomic E-state index is -0.507. The molecule has 2 aromatic rings. The highest BCUT2D eigenvalue weighted by atomic mass is 35.5. The summed E-state index contributed by atoms with van der Waals surface area (Å²) in [6.07, 6.45) is 0. The standard InChI is InChI=1S/C17H20ClN/c1-11-9-13(3)16(10-12(11)2)17(4,19)14-5-7-15(18)8-6-14/h5-10H,19H2,1-4H3. The predicted octanol–water partition coefficient (Wildman–Crippen LogP) is 4.49. The summed E-state index contributed by atoms with van der Waals surface area (Å²) in [7, 11) is 0. The molecular weight excluding hydrogens is 254 g/mol. The van der Waals surface area contributed by atoms with E-state index in [1.165, 1.54) is 16.7 Å². The molecule has 2 heteroatoms. The van der Waals surface area contributed by atoms with Gasteiger partial charge in [0, 0.05) is 5.02 Å². The zero-order chi connectivity index (χ0) is 14.2. The molecule has 1 atom stereocenters.